The van der Waals surface area contributed by atoms with Gasteiger partial charge in [-0.1, -0.05) is 37.1 Å². The summed E-state index contributed by atoms with van der Waals surface area (Å²) >= 11 is 11.8. The number of rotatable bonds is 8. The van der Waals surface area contributed by atoms with Gasteiger partial charge in [-0.25, -0.2) is 0 Å². The van der Waals surface area contributed by atoms with Crippen molar-refractivity contribution in [3.05, 3.63) is 76.8 Å². The van der Waals surface area contributed by atoms with Gasteiger partial charge in [-0.2, -0.15) is 4.80 Å². The van der Waals surface area contributed by atoms with Gasteiger partial charge in [0.05, 0.1) is 22.5 Å². The van der Waals surface area contributed by atoms with Crippen molar-refractivity contribution in [1.82, 2.24) is 20.3 Å². The molecular formula is C27H28ClN5O2S. The molecule has 1 heterocycles. The van der Waals surface area contributed by atoms with E-state index in [0.717, 1.165) is 12.1 Å². The van der Waals surface area contributed by atoms with E-state index >= 15 is 0 Å². The number of unbranched alkanes of at least 4 members (excludes halogenated alkanes) is 1. The number of aromatic nitrogens is 3. The van der Waals surface area contributed by atoms with E-state index in [0.29, 0.717) is 33.1 Å². The van der Waals surface area contributed by atoms with Crippen LogP contribution in [-0.2, 0) is 6.42 Å². The zero-order valence-corrected chi connectivity index (χ0v) is 22.0. The van der Waals surface area contributed by atoms with E-state index in [4.69, 9.17) is 28.6 Å². The van der Waals surface area contributed by atoms with Crippen LogP contribution in [0.2, 0.25) is 5.02 Å². The Labute approximate surface area is 220 Å². The molecule has 0 radical (unpaired) electrons. The second-order valence-corrected chi connectivity index (χ2v) is 9.49. The maximum atomic E-state index is 12.6. The first-order chi connectivity index (χ1) is 17.3. The summed E-state index contributed by atoms with van der Waals surface area (Å²) in [5.74, 6) is 0.358. The molecule has 36 heavy (non-hydrogen) atoms. The monoisotopic (exact) mass is 521 g/mol. The van der Waals surface area contributed by atoms with E-state index in [-0.39, 0.29) is 17.1 Å². The number of carbonyl (C=O) groups is 1. The standard InChI is InChI=1S/C27H28ClN5O2S/c1-4-5-6-18-7-11-20(12-8-18)33-31-24-15-22(28)23(16-25(24)32-33)29-27(36)30-26(34)19-9-13-21(14-10-19)35-17(2)3/h7-17H,4-6H2,1-3H3,(H2,29,30,34,36). The van der Waals surface area contributed by atoms with Crippen molar-refractivity contribution in [3.63, 3.8) is 0 Å². The predicted octanol–water partition coefficient (Wildman–Crippen LogP) is 6.33. The number of aryl methyl sites for hydroxylation is 1. The van der Waals surface area contributed by atoms with Crippen molar-refractivity contribution >= 4 is 51.6 Å². The first-order valence-corrected chi connectivity index (χ1v) is 12.7. The van der Waals surface area contributed by atoms with E-state index in [1.165, 1.54) is 18.4 Å². The summed E-state index contributed by atoms with van der Waals surface area (Å²) in [6.07, 6.45) is 3.45. The fraction of sp³-hybridized carbons (Fsp3) is 0.259. The van der Waals surface area contributed by atoms with Gasteiger partial charge >= 0.3 is 0 Å². The molecule has 0 aliphatic rings. The average molecular weight is 522 g/mol. The number of benzene rings is 3. The van der Waals surface area contributed by atoms with Gasteiger partial charge in [-0.15, -0.1) is 10.2 Å². The van der Waals surface area contributed by atoms with Gasteiger partial charge in [0.15, 0.2) is 5.11 Å². The molecule has 3 aromatic carbocycles. The van der Waals surface area contributed by atoms with E-state index in [9.17, 15) is 4.79 Å². The smallest absolute Gasteiger partial charge is 0.257 e. The van der Waals surface area contributed by atoms with Crippen molar-refractivity contribution < 1.29 is 9.53 Å². The highest BCUT2D eigenvalue weighted by atomic mass is 35.5. The number of thiocarbonyl (C=S) groups is 1. The van der Waals surface area contributed by atoms with Crippen molar-refractivity contribution in [2.75, 3.05) is 5.32 Å². The zero-order chi connectivity index (χ0) is 25.7. The summed E-state index contributed by atoms with van der Waals surface area (Å²) in [6, 6.07) is 18.6. The van der Waals surface area contributed by atoms with Crippen LogP contribution in [0.3, 0.4) is 0 Å². The Morgan fingerprint density at radius 3 is 2.36 bits per heavy atom. The van der Waals surface area contributed by atoms with Crippen LogP contribution in [0.1, 0.15) is 49.5 Å². The lowest BCUT2D eigenvalue weighted by Gasteiger charge is -2.12. The number of nitrogens with one attached hydrogen (secondary N) is 2. The second-order valence-electron chi connectivity index (χ2n) is 8.68. The highest BCUT2D eigenvalue weighted by Crippen LogP contribution is 2.27. The zero-order valence-electron chi connectivity index (χ0n) is 20.4. The van der Waals surface area contributed by atoms with Crippen LogP contribution in [0.4, 0.5) is 5.69 Å². The van der Waals surface area contributed by atoms with E-state index < -0.39 is 0 Å². The molecule has 0 fully saturated rings. The fourth-order valence-corrected chi connectivity index (χ4v) is 4.02. The maximum absolute atomic E-state index is 12.6. The second kappa shape index (κ2) is 11.5. The van der Waals surface area contributed by atoms with Gasteiger partial charge in [-0.3, -0.25) is 10.1 Å². The molecule has 4 rings (SSSR count). The highest BCUT2D eigenvalue weighted by molar-refractivity contribution is 7.80. The summed E-state index contributed by atoms with van der Waals surface area (Å²) in [7, 11) is 0. The quantitative estimate of drug-likeness (QED) is 0.264. The average Bonchev–Trinajstić information content (AvgIpc) is 3.26. The number of ether oxygens (including phenoxy) is 1. The molecule has 0 atom stereocenters. The first kappa shape index (κ1) is 25.6. The number of amides is 1. The van der Waals surface area contributed by atoms with Crippen molar-refractivity contribution in [2.24, 2.45) is 0 Å². The lowest BCUT2D eigenvalue weighted by molar-refractivity contribution is 0.0977. The Balaban J connectivity index is 1.43. The molecule has 7 nitrogen and oxygen atoms in total. The molecule has 2 N–H and O–H groups in total. The van der Waals surface area contributed by atoms with E-state index in [2.05, 4.69) is 39.9 Å². The van der Waals surface area contributed by atoms with Crippen LogP contribution in [0.25, 0.3) is 16.7 Å². The molecule has 1 aromatic heterocycles. The Morgan fingerprint density at radius 2 is 1.72 bits per heavy atom. The molecule has 186 valence electrons. The largest absolute Gasteiger partial charge is 0.491 e. The van der Waals surface area contributed by atoms with E-state index in [1.54, 1.807) is 41.2 Å². The summed E-state index contributed by atoms with van der Waals surface area (Å²) in [5.41, 5.74) is 4.44. The van der Waals surface area contributed by atoms with Crippen molar-refractivity contribution in [1.29, 1.82) is 0 Å². The van der Waals surface area contributed by atoms with Crippen molar-refractivity contribution in [2.45, 2.75) is 46.1 Å². The topological polar surface area (TPSA) is 81.1 Å². The lowest BCUT2D eigenvalue weighted by atomic mass is 10.1. The fourth-order valence-electron chi connectivity index (χ4n) is 3.61. The van der Waals surface area contributed by atoms with Crippen LogP contribution >= 0.6 is 23.8 Å². The molecule has 0 saturated carbocycles. The minimum Gasteiger partial charge on any atom is -0.491 e. The van der Waals surface area contributed by atoms with Crippen LogP contribution < -0.4 is 15.4 Å². The number of nitrogens with zero attached hydrogens (tertiary/aromatic N) is 3. The first-order valence-electron chi connectivity index (χ1n) is 11.9. The van der Waals surface area contributed by atoms with Gasteiger partial charge in [0.2, 0.25) is 0 Å². The van der Waals surface area contributed by atoms with E-state index in [1.807, 2.05) is 26.0 Å². The Hall–Kier alpha value is -3.49. The molecule has 0 saturated heterocycles. The van der Waals surface area contributed by atoms with Crippen LogP contribution in [0.5, 0.6) is 5.75 Å². The number of halogens is 1. The molecule has 0 aliphatic carbocycles. The third kappa shape index (κ3) is 6.38. The van der Waals surface area contributed by atoms with Gasteiger partial charge in [-0.05, 0) is 93.0 Å². The van der Waals surface area contributed by atoms with Crippen LogP contribution in [0, 0.1) is 0 Å². The predicted molar refractivity (Wildman–Crippen MR) is 148 cm³/mol. The summed E-state index contributed by atoms with van der Waals surface area (Å²) in [6.45, 7) is 6.07. The number of fused-ring (bicyclic) bond motifs is 1. The minimum atomic E-state index is -0.339. The number of hydrogen-bond donors (Lipinski definition) is 2. The number of anilines is 1. The summed E-state index contributed by atoms with van der Waals surface area (Å²) in [5, 5.41) is 15.3. The third-order valence-corrected chi connectivity index (χ3v) is 5.94. The Bertz CT molecular complexity index is 1370. The molecule has 0 aliphatic heterocycles. The summed E-state index contributed by atoms with van der Waals surface area (Å²) < 4.78 is 5.61. The Morgan fingerprint density at radius 1 is 1.06 bits per heavy atom. The minimum absolute atomic E-state index is 0.0567. The molecule has 1 amide bonds. The normalized spacial score (nSPS) is 11.0. The molecular weight excluding hydrogens is 494 g/mol. The number of carbonyl (C=O) groups excluding carboxylic acids is 1. The highest BCUT2D eigenvalue weighted by Gasteiger charge is 2.13. The number of hydrogen-bond acceptors (Lipinski definition) is 5. The molecule has 4 aromatic rings. The molecule has 9 heteroatoms. The molecule has 0 unspecified atom stereocenters. The van der Waals surface area contributed by atoms with Crippen LogP contribution in [-0.4, -0.2) is 32.1 Å². The van der Waals surface area contributed by atoms with Gasteiger partial charge < -0.3 is 10.1 Å². The van der Waals surface area contributed by atoms with Gasteiger partial charge in [0.25, 0.3) is 5.91 Å². The molecule has 0 bridgehead atoms. The molecule has 0 spiro atoms. The third-order valence-electron chi connectivity index (χ3n) is 5.42. The SMILES string of the molecule is CCCCc1ccc(-n2nc3cc(Cl)c(NC(=S)NC(=O)c4ccc(OC(C)C)cc4)cc3n2)cc1. The van der Waals surface area contributed by atoms with Gasteiger partial charge in [0.1, 0.15) is 16.8 Å². The van der Waals surface area contributed by atoms with Gasteiger partial charge in [0, 0.05) is 5.56 Å². The summed E-state index contributed by atoms with van der Waals surface area (Å²) in [4.78, 5) is 14.2. The van der Waals surface area contributed by atoms with Crippen LogP contribution in [0.15, 0.2) is 60.7 Å². The maximum Gasteiger partial charge on any atom is 0.257 e. The lowest BCUT2D eigenvalue weighted by Crippen LogP contribution is -2.34. The van der Waals surface area contributed by atoms with Crippen molar-refractivity contribution in [3.8, 4) is 11.4 Å². The Kier molecular flexibility index (Phi) is 8.18.